The molecule has 0 unspecified atom stereocenters. The van der Waals surface area contributed by atoms with Gasteiger partial charge in [0.2, 0.25) is 0 Å². The normalized spacial score (nSPS) is 13.5. The maximum atomic E-state index is 9.43. The van der Waals surface area contributed by atoms with Crippen LogP contribution in [0.2, 0.25) is 0 Å². The average Bonchev–Trinajstić information content (AvgIpc) is 3.22. The van der Waals surface area contributed by atoms with E-state index in [1.807, 2.05) is 38.2 Å². The SMILES string of the molecule is CC.N#Cc1cnn2cc(OCCO)cc(-c3ccc(N4CCNCC4)nc3)c12. The Morgan fingerprint density at radius 3 is 2.69 bits per heavy atom. The molecule has 1 aliphatic rings. The Bertz CT molecular complexity index is 971. The molecule has 0 saturated carbocycles. The molecule has 0 aromatic carbocycles. The van der Waals surface area contributed by atoms with E-state index in [0.29, 0.717) is 16.8 Å². The number of anilines is 1. The van der Waals surface area contributed by atoms with Gasteiger partial charge in [-0.25, -0.2) is 9.50 Å². The third-order valence-electron chi connectivity index (χ3n) is 4.57. The molecule has 1 fully saturated rings. The monoisotopic (exact) mass is 394 g/mol. The average molecular weight is 394 g/mol. The standard InChI is InChI=1S/C19H20N6O2.C2H6/c20-10-15-12-23-25-13-16(27-8-7-26)9-17(19(15)25)14-1-2-18(22-11-14)24-5-3-21-4-6-24;1-2/h1-2,9,11-13,21,26H,3-8H2;1-2H3. The zero-order chi connectivity index (χ0) is 20.6. The molecule has 8 nitrogen and oxygen atoms in total. The highest BCUT2D eigenvalue weighted by Gasteiger charge is 2.15. The molecule has 0 bridgehead atoms. The molecular formula is C21H26N6O2. The molecule has 1 saturated heterocycles. The number of nitrogens with one attached hydrogen (secondary N) is 1. The molecule has 0 atom stereocenters. The lowest BCUT2D eigenvalue weighted by molar-refractivity contribution is 0.201. The van der Waals surface area contributed by atoms with E-state index >= 15 is 0 Å². The highest BCUT2D eigenvalue weighted by atomic mass is 16.5. The maximum absolute atomic E-state index is 9.43. The number of rotatable bonds is 5. The van der Waals surface area contributed by atoms with Crippen molar-refractivity contribution in [3.05, 3.63) is 42.4 Å². The van der Waals surface area contributed by atoms with Crippen molar-refractivity contribution in [3.63, 3.8) is 0 Å². The Morgan fingerprint density at radius 2 is 2.03 bits per heavy atom. The smallest absolute Gasteiger partial charge is 0.138 e. The topological polar surface area (TPSA) is 98.7 Å². The van der Waals surface area contributed by atoms with Crippen LogP contribution in [0.5, 0.6) is 5.75 Å². The van der Waals surface area contributed by atoms with Gasteiger partial charge in [0.05, 0.1) is 30.1 Å². The molecule has 3 aromatic rings. The van der Waals surface area contributed by atoms with Gasteiger partial charge in [-0.1, -0.05) is 13.8 Å². The summed E-state index contributed by atoms with van der Waals surface area (Å²) in [6.45, 7) is 7.89. The van der Waals surface area contributed by atoms with Crippen LogP contribution < -0.4 is 15.0 Å². The van der Waals surface area contributed by atoms with Crippen LogP contribution in [0, 0.1) is 11.3 Å². The van der Waals surface area contributed by atoms with Crippen molar-refractivity contribution in [2.45, 2.75) is 13.8 Å². The van der Waals surface area contributed by atoms with E-state index in [1.165, 1.54) is 6.20 Å². The number of aliphatic hydroxyl groups is 1. The molecule has 0 aliphatic carbocycles. The maximum Gasteiger partial charge on any atom is 0.138 e. The predicted octanol–water partition coefficient (Wildman–Crippen LogP) is 2.07. The van der Waals surface area contributed by atoms with Crippen LogP contribution in [-0.4, -0.2) is 59.1 Å². The Morgan fingerprint density at radius 1 is 1.24 bits per heavy atom. The number of piperazine rings is 1. The van der Waals surface area contributed by atoms with Gasteiger partial charge in [0, 0.05) is 43.5 Å². The number of pyridine rings is 2. The predicted molar refractivity (Wildman–Crippen MR) is 112 cm³/mol. The number of hydrogen-bond acceptors (Lipinski definition) is 7. The number of nitrogens with zero attached hydrogens (tertiary/aromatic N) is 5. The fourth-order valence-electron chi connectivity index (χ4n) is 3.27. The molecule has 4 heterocycles. The van der Waals surface area contributed by atoms with Gasteiger partial charge in [-0.15, -0.1) is 0 Å². The quantitative estimate of drug-likeness (QED) is 0.683. The Hall–Kier alpha value is -3.15. The van der Waals surface area contributed by atoms with Crippen molar-refractivity contribution < 1.29 is 9.84 Å². The van der Waals surface area contributed by atoms with Crippen molar-refractivity contribution in [2.24, 2.45) is 0 Å². The number of nitriles is 1. The minimum atomic E-state index is -0.0726. The summed E-state index contributed by atoms with van der Waals surface area (Å²) >= 11 is 0. The molecule has 4 rings (SSSR count). The summed E-state index contributed by atoms with van der Waals surface area (Å²) in [5.41, 5.74) is 2.90. The number of aliphatic hydroxyl groups excluding tert-OH is 1. The fraction of sp³-hybridized carbons (Fsp3) is 0.381. The van der Waals surface area contributed by atoms with Gasteiger partial charge in [0.25, 0.3) is 0 Å². The molecule has 152 valence electrons. The van der Waals surface area contributed by atoms with E-state index in [2.05, 4.69) is 26.4 Å². The third kappa shape index (κ3) is 4.47. The zero-order valence-electron chi connectivity index (χ0n) is 16.8. The van der Waals surface area contributed by atoms with Crippen molar-refractivity contribution in [1.29, 1.82) is 5.26 Å². The summed E-state index contributed by atoms with van der Waals surface area (Å²) < 4.78 is 7.19. The number of hydrogen-bond donors (Lipinski definition) is 2. The lowest BCUT2D eigenvalue weighted by atomic mass is 10.1. The van der Waals surface area contributed by atoms with E-state index in [0.717, 1.165) is 43.1 Å². The van der Waals surface area contributed by atoms with E-state index in [1.54, 1.807) is 10.7 Å². The third-order valence-corrected chi connectivity index (χ3v) is 4.57. The van der Waals surface area contributed by atoms with Crippen molar-refractivity contribution >= 4 is 11.3 Å². The first kappa shape index (κ1) is 20.6. The van der Waals surface area contributed by atoms with E-state index in [-0.39, 0.29) is 13.2 Å². The lowest BCUT2D eigenvalue weighted by Crippen LogP contribution is -2.43. The second kappa shape index (κ2) is 9.87. The second-order valence-electron chi connectivity index (χ2n) is 6.27. The van der Waals surface area contributed by atoms with Gasteiger partial charge in [-0.3, -0.25) is 0 Å². The van der Waals surface area contributed by atoms with Crippen molar-refractivity contribution in [3.8, 4) is 22.9 Å². The molecule has 8 heteroatoms. The van der Waals surface area contributed by atoms with Crippen LogP contribution in [0.15, 0.2) is 36.8 Å². The minimum absolute atomic E-state index is 0.0726. The number of fused-ring (bicyclic) bond motifs is 1. The zero-order valence-corrected chi connectivity index (χ0v) is 16.8. The molecule has 0 radical (unpaired) electrons. The van der Waals surface area contributed by atoms with Crippen LogP contribution in [0.1, 0.15) is 19.4 Å². The largest absolute Gasteiger partial charge is 0.490 e. The molecule has 2 N–H and O–H groups in total. The molecule has 29 heavy (non-hydrogen) atoms. The van der Waals surface area contributed by atoms with Gasteiger partial charge < -0.3 is 20.1 Å². The highest BCUT2D eigenvalue weighted by Crippen LogP contribution is 2.31. The van der Waals surface area contributed by atoms with Gasteiger partial charge >= 0.3 is 0 Å². The summed E-state index contributed by atoms with van der Waals surface area (Å²) in [5.74, 6) is 1.52. The molecule has 3 aromatic heterocycles. The summed E-state index contributed by atoms with van der Waals surface area (Å²) in [5, 5.41) is 26.0. The first-order valence-electron chi connectivity index (χ1n) is 9.87. The van der Waals surface area contributed by atoms with Gasteiger partial charge in [-0.05, 0) is 18.2 Å². The van der Waals surface area contributed by atoms with Crippen LogP contribution >= 0.6 is 0 Å². The minimum Gasteiger partial charge on any atom is -0.490 e. The number of aromatic nitrogens is 3. The Kier molecular flexibility index (Phi) is 7.00. The van der Waals surface area contributed by atoms with Gasteiger partial charge in [0.15, 0.2) is 0 Å². The van der Waals surface area contributed by atoms with Gasteiger partial charge in [-0.2, -0.15) is 10.4 Å². The molecular weight excluding hydrogens is 368 g/mol. The highest BCUT2D eigenvalue weighted by molar-refractivity contribution is 5.85. The molecule has 1 aliphatic heterocycles. The van der Waals surface area contributed by atoms with Crippen molar-refractivity contribution in [2.75, 3.05) is 44.3 Å². The summed E-state index contributed by atoms with van der Waals surface area (Å²) in [4.78, 5) is 6.87. The summed E-state index contributed by atoms with van der Waals surface area (Å²) in [6, 6.07) is 8.05. The first-order chi connectivity index (χ1) is 14.3. The number of ether oxygens (including phenoxy) is 1. The van der Waals surface area contributed by atoms with Crippen molar-refractivity contribution in [1.82, 2.24) is 19.9 Å². The molecule has 0 spiro atoms. The molecule has 0 amide bonds. The summed E-state index contributed by atoms with van der Waals surface area (Å²) in [6.07, 6.45) is 5.06. The van der Waals surface area contributed by atoms with E-state index < -0.39 is 0 Å². The van der Waals surface area contributed by atoms with Crippen LogP contribution in [0.4, 0.5) is 5.82 Å². The van der Waals surface area contributed by atoms with Crippen LogP contribution in [-0.2, 0) is 0 Å². The summed E-state index contributed by atoms with van der Waals surface area (Å²) in [7, 11) is 0. The lowest BCUT2D eigenvalue weighted by Gasteiger charge is -2.28. The van der Waals surface area contributed by atoms with E-state index in [9.17, 15) is 5.26 Å². The van der Waals surface area contributed by atoms with Crippen LogP contribution in [0.3, 0.4) is 0 Å². The Balaban J connectivity index is 0.00000117. The Labute approximate surface area is 170 Å². The fourth-order valence-corrected chi connectivity index (χ4v) is 3.27. The second-order valence-corrected chi connectivity index (χ2v) is 6.27. The first-order valence-corrected chi connectivity index (χ1v) is 9.87. The van der Waals surface area contributed by atoms with Gasteiger partial charge in [0.1, 0.15) is 24.2 Å². The van der Waals surface area contributed by atoms with E-state index in [4.69, 9.17) is 9.84 Å². The van der Waals surface area contributed by atoms with Crippen LogP contribution in [0.25, 0.3) is 16.6 Å².